The highest BCUT2D eigenvalue weighted by Gasteiger charge is 2.20. The van der Waals surface area contributed by atoms with E-state index in [0.29, 0.717) is 5.75 Å². The van der Waals surface area contributed by atoms with Crippen molar-refractivity contribution in [1.82, 2.24) is 0 Å². The van der Waals surface area contributed by atoms with Crippen molar-refractivity contribution in [2.45, 2.75) is 27.7 Å². The van der Waals surface area contributed by atoms with E-state index in [0.717, 1.165) is 0 Å². The van der Waals surface area contributed by atoms with E-state index >= 15 is 0 Å². The van der Waals surface area contributed by atoms with Crippen molar-refractivity contribution >= 4 is 23.8 Å². The van der Waals surface area contributed by atoms with Crippen LogP contribution in [-0.4, -0.2) is 5.11 Å². The van der Waals surface area contributed by atoms with E-state index in [1.807, 2.05) is 0 Å². The average molecular weight is 334 g/mol. The summed E-state index contributed by atoms with van der Waals surface area (Å²) in [6.07, 6.45) is 0. The maximum atomic E-state index is 9.68. The molecule has 1 N–H and O–H groups in total. The molecule has 3 aromatic rings. The first-order valence-corrected chi connectivity index (χ1v) is 9.53. The lowest BCUT2D eigenvalue weighted by molar-refractivity contribution is 0.475. The van der Waals surface area contributed by atoms with Crippen LogP contribution in [0.4, 0.5) is 0 Å². The van der Waals surface area contributed by atoms with Crippen LogP contribution in [0.25, 0.3) is 0 Å². The fraction of sp³-hybridized carbons (Fsp3) is 0.182. The molecule has 0 aliphatic heterocycles. The van der Waals surface area contributed by atoms with Crippen LogP contribution in [0.2, 0.25) is 0 Å². The number of hydrogen-bond acceptors (Lipinski definition) is 1. The quantitative estimate of drug-likeness (QED) is 0.705. The molecule has 0 amide bonds. The van der Waals surface area contributed by atoms with Gasteiger partial charge in [0.05, 0.1) is 0 Å². The highest BCUT2D eigenvalue weighted by atomic mass is 31.1. The SMILES string of the molecule is Cc1ccc(C)c(P(c2ccc(O)cc2)c2cc(C)ccc2C)c1. The Bertz CT molecular complexity index is 814. The Balaban J connectivity index is 2.26. The number of benzene rings is 3. The van der Waals surface area contributed by atoms with Crippen LogP contribution in [0.15, 0.2) is 60.7 Å². The molecule has 122 valence electrons. The van der Waals surface area contributed by atoms with Gasteiger partial charge >= 0.3 is 0 Å². The second-order valence-electron chi connectivity index (χ2n) is 6.43. The van der Waals surface area contributed by atoms with Gasteiger partial charge in [0, 0.05) is 0 Å². The lowest BCUT2D eigenvalue weighted by Crippen LogP contribution is -2.24. The van der Waals surface area contributed by atoms with E-state index in [-0.39, 0.29) is 0 Å². The Kier molecular flexibility index (Phi) is 4.73. The molecule has 0 atom stereocenters. The summed E-state index contributed by atoms with van der Waals surface area (Å²) in [7, 11) is -0.644. The largest absolute Gasteiger partial charge is 0.508 e. The first-order chi connectivity index (χ1) is 11.5. The van der Waals surface area contributed by atoms with Crippen molar-refractivity contribution < 1.29 is 5.11 Å². The average Bonchev–Trinajstić information content (AvgIpc) is 2.56. The van der Waals surface area contributed by atoms with E-state index < -0.39 is 7.92 Å². The number of hydrogen-bond donors (Lipinski definition) is 1. The van der Waals surface area contributed by atoms with E-state index in [1.165, 1.54) is 38.2 Å². The molecule has 3 aromatic carbocycles. The Morgan fingerprint density at radius 2 is 1.08 bits per heavy atom. The summed E-state index contributed by atoms with van der Waals surface area (Å²) in [6.45, 7) is 8.68. The molecule has 0 saturated carbocycles. The highest BCUT2D eigenvalue weighted by Crippen LogP contribution is 2.36. The number of aromatic hydroxyl groups is 1. The van der Waals surface area contributed by atoms with Gasteiger partial charge in [-0.1, -0.05) is 59.7 Å². The summed E-state index contributed by atoms with van der Waals surface area (Å²) < 4.78 is 0. The van der Waals surface area contributed by atoms with Crippen LogP contribution < -0.4 is 15.9 Å². The fourth-order valence-electron chi connectivity index (χ4n) is 2.93. The summed E-state index contributed by atoms with van der Waals surface area (Å²) in [5.41, 5.74) is 5.21. The second kappa shape index (κ2) is 6.79. The zero-order valence-electron chi connectivity index (χ0n) is 14.7. The smallest absolute Gasteiger partial charge is 0.115 e. The van der Waals surface area contributed by atoms with Crippen LogP contribution in [-0.2, 0) is 0 Å². The van der Waals surface area contributed by atoms with E-state index in [1.54, 1.807) is 12.1 Å². The molecule has 1 nitrogen and oxygen atoms in total. The minimum absolute atomic E-state index is 0.315. The van der Waals surface area contributed by atoms with E-state index in [9.17, 15) is 5.11 Å². The summed E-state index contributed by atoms with van der Waals surface area (Å²) in [6, 6.07) is 21.1. The van der Waals surface area contributed by atoms with Crippen molar-refractivity contribution in [2.75, 3.05) is 0 Å². The van der Waals surface area contributed by atoms with Gasteiger partial charge in [-0.05, 0) is 74.8 Å². The zero-order valence-corrected chi connectivity index (χ0v) is 15.6. The maximum absolute atomic E-state index is 9.68. The molecule has 0 spiro atoms. The predicted octanol–water partition coefficient (Wildman–Crippen LogP) is 4.38. The lowest BCUT2D eigenvalue weighted by atomic mass is 10.2. The third-order valence-corrected chi connectivity index (χ3v) is 7.06. The van der Waals surface area contributed by atoms with Gasteiger partial charge in [-0.3, -0.25) is 0 Å². The first kappa shape index (κ1) is 16.7. The molecule has 0 bridgehead atoms. The van der Waals surface area contributed by atoms with Gasteiger partial charge in [-0.2, -0.15) is 0 Å². The molecule has 0 heterocycles. The van der Waals surface area contributed by atoms with E-state index in [2.05, 4.69) is 76.2 Å². The Labute approximate surface area is 145 Å². The van der Waals surface area contributed by atoms with Crippen molar-refractivity contribution in [2.24, 2.45) is 0 Å². The monoisotopic (exact) mass is 334 g/mol. The predicted molar refractivity (Wildman–Crippen MR) is 106 cm³/mol. The summed E-state index contributed by atoms with van der Waals surface area (Å²) in [5, 5.41) is 13.7. The normalized spacial score (nSPS) is 11.0. The van der Waals surface area contributed by atoms with Crippen LogP contribution >= 0.6 is 7.92 Å². The van der Waals surface area contributed by atoms with Crippen molar-refractivity contribution in [1.29, 1.82) is 0 Å². The molecule has 2 heteroatoms. The maximum Gasteiger partial charge on any atom is 0.115 e. The minimum atomic E-state index is -0.644. The number of phenolic OH excluding ortho intramolecular Hbond substituents is 1. The number of aryl methyl sites for hydroxylation is 4. The van der Waals surface area contributed by atoms with Crippen molar-refractivity contribution in [3.63, 3.8) is 0 Å². The van der Waals surface area contributed by atoms with Gasteiger partial charge in [0.2, 0.25) is 0 Å². The molecular weight excluding hydrogens is 311 g/mol. The number of phenols is 1. The van der Waals surface area contributed by atoms with Crippen LogP contribution in [0.3, 0.4) is 0 Å². The van der Waals surface area contributed by atoms with Crippen LogP contribution in [0.5, 0.6) is 5.75 Å². The molecule has 3 rings (SSSR count). The minimum Gasteiger partial charge on any atom is -0.508 e. The van der Waals surface area contributed by atoms with Crippen LogP contribution in [0, 0.1) is 27.7 Å². The summed E-state index contributed by atoms with van der Waals surface area (Å²) in [4.78, 5) is 0. The van der Waals surface area contributed by atoms with Gasteiger partial charge in [-0.15, -0.1) is 0 Å². The van der Waals surface area contributed by atoms with Crippen molar-refractivity contribution in [3.8, 4) is 5.75 Å². The third-order valence-electron chi connectivity index (χ3n) is 4.32. The Hall–Kier alpha value is -2.11. The first-order valence-electron chi connectivity index (χ1n) is 8.19. The van der Waals surface area contributed by atoms with Gasteiger partial charge in [0.15, 0.2) is 0 Å². The van der Waals surface area contributed by atoms with Gasteiger partial charge < -0.3 is 5.11 Å². The van der Waals surface area contributed by atoms with Gasteiger partial charge in [0.1, 0.15) is 5.75 Å². The van der Waals surface area contributed by atoms with Crippen LogP contribution in [0.1, 0.15) is 22.3 Å². The Morgan fingerprint density at radius 1 is 0.625 bits per heavy atom. The summed E-state index contributed by atoms with van der Waals surface area (Å²) >= 11 is 0. The molecule has 0 fully saturated rings. The molecule has 0 unspecified atom stereocenters. The lowest BCUT2D eigenvalue weighted by Gasteiger charge is -2.24. The highest BCUT2D eigenvalue weighted by molar-refractivity contribution is 7.80. The van der Waals surface area contributed by atoms with Crippen molar-refractivity contribution in [3.05, 3.63) is 82.9 Å². The molecule has 0 aliphatic carbocycles. The molecule has 0 aliphatic rings. The zero-order chi connectivity index (χ0) is 17.3. The molecule has 0 radical (unpaired) electrons. The molecule has 0 aromatic heterocycles. The molecule has 24 heavy (non-hydrogen) atoms. The molecule has 0 saturated heterocycles. The fourth-order valence-corrected chi connectivity index (χ4v) is 5.71. The Morgan fingerprint density at radius 3 is 1.54 bits per heavy atom. The standard InChI is InChI=1S/C22H23OP/c1-15-5-7-17(3)21(13-15)24(20-11-9-19(23)10-12-20)22-14-16(2)6-8-18(22)4/h5-14,23H,1-4H3. The van der Waals surface area contributed by atoms with Gasteiger partial charge in [0.25, 0.3) is 0 Å². The molecular formula is C22H23OP. The summed E-state index contributed by atoms with van der Waals surface area (Å²) in [5.74, 6) is 0.315. The van der Waals surface area contributed by atoms with E-state index in [4.69, 9.17) is 0 Å². The topological polar surface area (TPSA) is 20.2 Å². The third kappa shape index (κ3) is 3.37. The van der Waals surface area contributed by atoms with Gasteiger partial charge in [-0.25, -0.2) is 0 Å². The number of rotatable bonds is 3. The second-order valence-corrected chi connectivity index (χ2v) is 8.58.